The predicted octanol–water partition coefficient (Wildman–Crippen LogP) is 1.54. The van der Waals surface area contributed by atoms with Crippen LogP contribution in [0.3, 0.4) is 0 Å². The molecule has 2 rings (SSSR count). The van der Waals surface area contributed by atoms with Gasteiger partial charge in [-0.25, -0.2) is 0 Å². The van der Waals surface area contributed by atoms with Crippen molar-refractivity contribution >= 4 is 28.1 Å². The van der Waals surface area contributed by atoms with Crippen molar-refractivity contribution in [2.24, 2.45) is 0 Å². The third kappa shape index (κ3) is 1.27. The maximum Gasteiger partial charge on any atom is 0.101 e. The number of aromatic nitrogens is 3. The van der Waals surface area contributed by atoms with E-state index in [9.17, 15) is 0 Å². The highest BCUT2D eigenvalue weighted by atomic mass is 127. The smallest absolute Gasteiger partial charge is 0.101 e. The SMILES string of the molecule is N#Cc1cnn2nccc2c1CI. The van der Waals surface area contributed by atoms with E-state index in [1.807, 2.05) is 6.07 Å². The van der Waals surface area contributed by atoms with Gasteiger partial charge < -0.3 is 0 Å². The predicted molar refractivity (Wildman–Crippen MR) is 55.4 cm³/mol. The summed E-state index contributed by atoms with van der Waals surface area (Å²) in [6, 6.07) is 3.98. The lowest BCUT2D eigenvalue weighted by atomic mass is 10.2. The number of nitriles is 1. The molecule has 5 heteroatoms. The largest absolute Gasteiger partial charge is 0.192 e. The Morgan fingerprint density at radius 1 is 1.54 bits per heavy atom. The van der Waals surface area contributed by atoms with Crippen LogP contribution < -0.4 is 0 Å². The van der Waals surface area contributed by atoms with Crippen LogP contribution in [0.2, 0.25) is 0 Å². The van der Waals surface area contributed by atoms with Gasteiger partial charge in [0.25, 0.3) is 0 Å². The molecule has 0 saturated carbocycles. The van der Waals surface area contributed by atoms with Crippen molar-refractivity contribution in [3.63, 3.8) is 0 Å². The van der Waals surface area contributed by atoms with E-state index < -0.39 is 0 Å². The topological polar surface area (TPSA) is 54.0 Å². The maximum atomic E-state index is 8.82. The fraction of sp³-hybridized carbons (Fsp3) is 0.125. The van der Waals surface area contributed by atoms with E-state index in [2.05, 4.69) is 38.9 Å². The van der Waals surface area contributed by atoms with E-state index in [0.717, 1.165) is 15.5 Å². The lowest BCUT2D eigenvalue weighted by molar-refractivity contribution is 0.794. The minimum Gasteiger partial charge on any atom is -0.192 e. The number of hydrogen-bond donors (Lipinski definition) is 0. The zero-order valence-electron chi connectivity index (χ0n) is 6.61. The van der Waals surface area contributed by atoms with Gasteiger partial charge in [-0.15, -0.1) is 0 Å². The molecule has 0 spiro atoms. The van der Waals surface area contributed by atoms with Crippen molar-refractivity contribution in [3.05, 3.63) is 29.6 Å². The minimum atomic E-state index is 0.627. The summed E-state index contributed by atoms with van der Waals surface area (Å²) in [6.45, 7) is 0. The first-order valence-electron chi connectivity index (χ1n) is 3.65. The van der Waals surface area contributed by atoms with Gasteiger partial charge in [-0.3, -0.25) is 0 Å². The molecule has 0 N–H and O–H groups in total. The van der Waals surface area contributed by atoms with Crippen LogP contribution in [0, 0.1) is 11.3 Å². The molecular weight excluding hydrogens is 279 g/mol. The minimum absolute atomic E-state index is 0.627. The second-order valence-electron chi connectivity index (χ2n) is 2.49. The van der Waals surface area contributed by atoms with Gasteiger partial charge in [-0.1, -0.05) is 22.6 Å². The van der Waals surface area contributed by atoms with Gasteiger partial charge in [0.1, 0.15) is 6.07 Å². The quantitative estimate of drug-likeness (QED) is 0.589. The first-order valence-corrected chi connectivity index (χ1v) is 5.17. The third-order valence-electron chi connectivity index (χ3n) is 1.81. The fourth-order valence-corrected chi connectivity index (χ4v) is 1.98. The van der Waals surface area contributed by atoms with Gasteiger partial charge >= 0.3 is 0 Å². The van der Waals surface area contributed by atoms with Crippen molar-refractivity contribution in [1.29, 1.82) is 5.26 Å². The van der Waals surface area contributed by atoms with E-state index in [4.69, 9.17) is 5.26 Å². The molecule has 0 radical (unpaired) electrons. The van der Waals surface area contributed by atoms with E-state index >= 15 is 0 Å². The van der Waals surface area contributed by atoms with Crippen molar-refractivity contribution in [2.45, 2.75) is 4.43 Å². The van der Waals surface area contributed by atoms with Crippen LogP contribution in [0.5, 0.6) is 0 Å². The summed E-state index contributed by atoms with van der Waals surface area (Å²) < 4.78 is 2.33. The summed E-state index contributed by atoms with van der Waals surface area (Å²) in [6.07, 6.45) is 3.23. The average Bonchev–Trinajstić information content (AvgIpc) is 2.63. The number of alkyl halides is 1. The van der Waals surface area contributed by atoms with Gasteiger partial charge in [0, 0.05) is 9.99 Å². The Balaban J connectivity index is 2.84. The fourth-order valence-electron chi connectivity index (χ4n) is 1.17. The molecule has 2 heterocycles. The maximum absolute atomic E-state index is 8.82. The molecule has 64 valence electrons. The van der Waals surface area contributed by atoms with E-state index in [1.165, 1.54) is 4.63 Å². The number of nitrogens with zero attached hydrogens (tertiary/aromatic N) is 4. The lowest BCUT2D eigenvalue weighted by Gasteiger charge is -2.00. The Morgan fingerprint density at radius 3 is 3.08 bits per heavy atom. The van der Waals surface area contributed by atoms with Crippen LogP contribution in [-0.4, -0.2) is 14.8 Å². The highest BCUT2D eigenvalue weighted by Crippen LogP contribution is 2.16. The van der Waals surface area contributed by atoms with Crippen LogP contribution >= 0.6 is 22.6 Å². The van der Waals surface area contributed by atoms with Gasteiger partial charge in [0.15, 0.2) is 0 Å². The van der Waals surface area contributed by atoms with Crippen LogP contribution in [0.1, 0.15) is 11.1 Å². The molecule has 0 unspecified atom stereocenters. The van der Waals surface area contributed by atoms with Gasteiger partial charge in [0.05, 0.1) is 23.5 Å². The molecular formula is C8H5IN4. The van der Waals surface area contributed by atoms with E-state index in [-0.39, 0.29) is 0 Å². The van der Waals surface area contributed by atoms with Gasteiger partial charge in [0.2, 0.25) is 0 Å². The van der Waals surface area contributed by atoms with Crippen LogP contribution in [0.25, 0.3) is 5.52 Å². The molecule has 0 bridgehead atoms. The van der Waals surface area contributed by atoms with E-state index in [1.54, 1.807) is 12.4 Å². The summed E-state index contributed by atoms with van der Waals surface area (Å²) >= 11 is 2.23. The zero-order chi connectivity index (χ0) is 9.26. The molecule has 0 atom stereocenters. The van der Waals surface area contributed by atoms with Crippen LogP contribution in [-0.2, 0) is 4.43 Å². The normalized spacial score (nSPS) is 10.2. The second kappa shape index (κ2) is 3.30. The molecule has 2 aromatic rings. The Kier molecular flexibility index (Phi) is 2.14. The molecule has 0 aliphatic carbocycles. The first kappa shape index (κ1) is 8.44. The Hall–Kier alpha value is -1.16. The highest BCUT2D eigenvalue weighted by molar-refractivity contribution is 14.1. The molecule has 2 aromatic heterocycles. The molecule has 0 aliphatic heterocycles. The Labute approximate surface area is 88.3 Å². The van der Waals surface area contributed by atoms with Gasteiger partial charge in [-0.2, -0.15) is 20.1 Å². The summed E-state index contributed by atoms with van der Waals surface area (Å²) in [5.74, 6) is 0. The summed E-state index contributed by atoms with van der Waals surface area (Å²) in [5.41, 5.74) is 2.53. The molecule has 4 nitrogen and oxygen atoms in total. The molecule has 13 heavy (non-hydrogen) atoms. The number of halogens is 1. The van der Waals surface area contributed by atoms with E-state index in [0.29, 0.717) is 5.56 Å². The van der Waals surface area contributed by atoms with Crippen molar-refractivity contribution in [1.82, 2.24) is 14.8 Å². The molecule has 0 aromatic carbocycles. The third-order valence-corrected chi connectivity index (χ3v) is 2.57. The lowest BCUT2D eigenvalue weighted by Crippen LogP contribution is -1.98. The summed E-state index contributed by atoms with van der Waals surface area (Å²) in [7, 11) is 0. The van der Waals surface area contributed by atoms with Crippen LogP contribution in [0.15, 0.2) is 18.5 Å². The van der Waals surface area contributed by atoms with Gasteiger partial charge in [-0.05, 0) is 6.07 Å². The van der Waals surface area contributed by atoms with Crippen molar-refractivity contribution < 1.29 is 0 Å². The summed E-state index contributed by atoms with van der Waals surface area (Å²) in [4.78, 5) is 0. The molecule has 0 fully saturated rings. The molecule has 0 saturated heterocycles. The summed E-state index contributed by atoms with van der Waals surface area (Å²) in [5, 5.41) is 16.8. The first-order chi connectivity index (χ1) is 6.36. The number of fused-ring (bicyclic) bond motifs is 1. The van der Waals surface area contributed by atoms with Crippen molar-refractivity contribution in [3.8, 4) is 6.07 Å². The van der Waals surface area contributed by atoms with Crippen LogP contribution in [0.4, 0.5) is 0 Å². The monoisotopic (exact) mass is 284 g/mol. The molecule has 0 aliphatic rings. The zero-order valence-corrected chi connectivity index (χ0v) is 8.76. The molecule has 0 amide bonds. The number of hydrogen-bond acceptors (Lipinski definition) is 3. The Bertz CT molecular complexity index is 482. The Morgan fingerprint density at radius 2 is 2.38 bits per heavy atom. The highest BCUT2D eigenvalue weighted by Gasteiger charge is 2.07. The average molecular weight is 284 g/mol. The second-order valence-corrected chi connectivity index (χ2v) is 3.25. The number of rotatable bonds is 1. The van der Waals surface area contributed by atoms with Crippen molar-refractivity contribution in [2.75, 3.05) is 0 Å². The standard InChI is InChI=1S/C8H5IN4/c9-3-7-6(4-10)5-12-13-8(7)1-2-11-13/h1-2,5H,3H2.